The zero-order valence-electron chi connectivity index (χ0n) is 13.7. The van der Waals surface area contributed by atoms with Crippen molar-refractivity contribution in [1.82, 2.24) is 15.0 Å². The Bertz CT molecular complexity index is 833. The van der Waals surface area contributed by atoms with Crippen LogP contribution in [0.1, 0.15) is 29.9 Å². The van der Waals surface area contributed by atoms with E-state index in [4.69, 9.17) is 5.73 Å². The molecule has 0 radical (unpaired) electrons. The van der Waals surface area contributed by atoms with E-state index in [-0.39, 0.29) is 24.2 Å². The number of aryl methyl sites for hydroxylation is 1. The largest absolute Gasteiger partial charge is 0.364 e. The third kappa shape index (κ3) is 2.55. The lowest BCUT2D eigenvalue weighted by atomic mass is 10.0. The van der Waals surface area contributed by atoms with E-state index >= 15 is 0 Å². The van der Waals surface area contributed by atoms with Crippen LogP contribution in [-0.2, 0) is 4.79 Å². The highest BCUT2D eigenvalue weighted by atomic mass is 16.2. The molecule has 1 aliphatic heterocycles. The second-order valence-electron chi connectivity index (χ2n) is 5.85. The van der Waals surface area contributed by atoms with E-state index in [1.54, 1.807) is 17.2 Å². The number of pyridine rings is 1. The number of nitrogens with zero attached hydrogens (tertiary/aromatic N) is 4. The van der Waals surface area contributed by atoms with Gasteiger partial charge in [0.05, 0.1) is 18.4 Å². The van der Waals surface area contributed by atoms with Crippen LogP contribution in [-0.4, -0.2) is 39.4 Å². The standard InChI is InChI=1S/C16H18N6O2/c1-8(2)22-11(23)7-20-15-16(22)21-10(6-19-15)12-9(3)4-5-18-13(12)14(17)24/h4-6,8H,7H2,1-3H3,(H2,17,24)(H,19,20). The number of rotatable bonds is 3. The Morgan fingerprint density at radius 1 is 1.38 bits per heavy atom. The topological polar surface area (TPSA) is 114 Å². The quantitative estimate of drug-likeness (QED) is 0.873. The number of carbonyl (C=O) groups is 2. The van der Waals surface area contributed by atoms with Gasteiger partial charge in [0.25, 0.3) is 5.91 Å². The molecule has 0 atom stereocenters. The molecule has 8 heteroatoms. The molecule has 8 nitrogen and oxygen atoms in total. The van der Waals surface area contributed by atoms with Gasteiger partial charge in [-0.05, 0) is 32.4 Å². The predicted molar refractivity (Wildman–Crippen MR) is 89.6 cm³/mol. The summed E-state index contributed by atoms with van der Waals surface area (Å²) >= 11 is 0. The van der Waals surface area contributed by atoms with Crippen LogP contribution in [0.25, 0.3) is 11.3 Å². The van der Waals surface area contributed by atoms with E-state index in [0.29, 0.717) is 22.9 Å². The minimum Gasteiger partial charge on any atom is -0.364 e. The average molecular weight is 326 g/mol. The summed E-state index contributed by atoms with van der Waals surface area (Å²) < 4.78 is 0. The first-order chi connectivity index (χ1) is 11.4. The third-order valence-corrected chi connectivity index (χ3v) is 3.82. The maximum absolute atomic E-state index is 12.2. The van der Waals surface area contributed by atoms with Crippen LogP contribution in [0.4, 0.5) is 11.6 Å². The van der Waals surface area contributed by atoms with E-state index in [1.807, 2.05) is 20.8 Å². The number of hydrogen-bond donors (Lipinski definition) is 2. The minimum absolute atomic E-state index is 0.0616. The molecule has 0 unspecified atom stereocenters. The number of fused-ring (bicyclic) bond motifs is 1. The molecule has 3 heterocycles. The first-order valence-corrected chi connectivity index (χ1v) is 7.59. The maximum atomic E-state index is 12.2. The number of nitrogens with one attached hydrogen (secondary N) is 1. The first-order valence-electron chi connectivity index (χ1n) is 7.59. The fraction of sp³-hybridized carbons (Fsp3) is 0.312. The summed E-state index contributed by atoms with van der Waals surface area (Å²) in [6, 6.07) is 1.71. The van der Waals surface area contributed by atoms with Gasteiger partial charge < -0.3 is 11.1 Å². The van der Waals surface area contributed by atoms with Gasteiger partial charge in [-0.1, -0.05) is 0 Å². The van der Waals surface area contributed by atoms with Crippen molar-refractivity contribution >= 4 is 23.5 Å². The Labute approximate surface area is 139 Å². The van der Waals surface area contributed by atoms with Crippen molar-refractivity contribution in [3.05, 3.63) is 29.7 Å². The lowest BCUT2D eigenvalue weighted by molar-refractivity contribution is -0.117. The molecule has 1 aliphatic rings. The van der Waals surface area contributed by atoms with Gasteiger partial charge >= 0.3 is 0 Å². The second kappa shape index (κ2) is 5.88. The summed E-state index contributed by atoms with van der Waals surface area (Å²) in [5, 5.41) is 2.96. The number of amides is 2. The van der Waals surface area contributed by atoms with Crippen molar-refractivity contribution in [2.24, 2.45) is 5.73 Å². The maximum Gasteiger partial charge on any atom is 0.268 e. The number of aromatic nitrogens is 3. The Kier molecular flexibility index (Phi) is 3.88. The Hall–Kier alpha value is -3.03. The number of hydrogen-bond acceptors (Lipinski definition) is 6. The second-order valence-corrected chi connectivity index (χ2v) is 5.85. The number of nitrogens with two attached hydrogens (primary N) is 1. The fourth-order valence-electron chi connectivity index (χ4n) is 2.76. The van der Waals surface area contributed by atoms with Crippen LogP contribution in [0.2, 0.25) is 0 Å². The molecule has 2 aromatic heterocycles. The Morgan fingerprint density at radius 3 is 2.79 bits per heavy atom. The number of primary amides is 1. The van der Waals surface area contributed by atoms with Crippen molar-refractivity contribution in [2.45, 2.75) is 26.8 Å². The van der Waals surface area contributed by atoms with Crippen molar-refractivity contribution in [1.29, 1.82) is 0 Å². The van der Waals surface area contributed by atoms with E-state index in [0.717, 1.165) is 5.56 Å². The smallest absolute Gasteiger partial charge is 0.268 e. The molecular formula is C16H18N6O2. The molecule has 24 heavy (non-hydrogen) atoms. The third-order valence-electron chi connectivity index (χ3n) is 3.82. The highest BCUT2D eigenvalue weighted by Crippen LogP contribution is 2.31. The van der Waals surface area contributed by atoms with Crippen molar-refractivity contribution < 1.29 is 9.59 Å². The molecule has 3 rings (SSSR count). The minimum atomic E-state index is -0.636. The van der Waals surface area contributed by atoms with Crippen molar-refractivity contribution in [3.8, 4) is 11.3 Å². The molecule has 0 bridgehead atoms. The predicted octanol–water partition coefficient (Wildman–Crippen LogP) is 1.11. The summed E-state index contributed by atoms with van der Waals surface area (Å²) in [5.41, 5.74) is 7.35. The molecule has 0 saturated heterocycles. The molecule has 2 aromatic rings. The van der Waals surface area contributed by atoms with Gasteiger partial charge in [0, 0.05) is 17.8 Å². The van der Waals surface area contributed by atoms with E-state index in [2.05, 4.69) is 20.3 Å². The zero-order chi connectivity index (χ0) is 17.4. The zero-order valence-corrected chi connectivity index (χ0v) is 13.7. The lowest BCUT2D eigenvalue weighted by Gasteiger charge is -2.31. The monoisotopic (exact) mass is 326 g/mol. The fourth-order valence-corrected chi connectivity index (χ4v) is 2.76. The Morgan fingerprint density at radius 2 is 2.12 bits per heavy atom. The molecule has 0 aromatic carbocycles. The van der Waals surface area contributed by atoms with Crippen LogP contribution in [0.5, 0.6) is 0 Å². The van der Waals surface area contributed by atoms with Gasteiger partial charge in [-0.15, -0.1) is 0 Å². The van der Waals surface area contributed by atoms with E-state index in [1.165, 1.54) is 6.20 Å². The van der Waals surface area contributed by atoms with Gasteiger partial charge in [-0.2, -0.15) is 0 Å². The summed E-state index contributed by atoms with van der Waals surface area (Å²) in [4.78, 5) is 38.5. The van der Waals surface area contributed by atoms with Gasteiger partial charge in [-0.25, -0.2) is 9.97 Å². The highest BCUT2D eigenvalue weighted by molar-refractivity contribution is 6.02. The van der Waals surface area contributed by atoms with Crippen LogP contribution in [0, 0.1) is 6.92 Å². The van der Waals surface area contributed by atoms with Gasteiger partial charge in [0.2, 0.25) is 5.91 Å². The van der Waals surface area contributed by atoms with Gasteiger partial charge in [0.1, 0.15) is 5.69 Å². The first kappa shape index (κ1) is 15.9. The van der Waals surface area contributed by atoms with Crippen molar-refractivity contribution in [2.75, 3.05) is 16.8 Å². The highest BCUT2D eigenvalue weighted by Gasteiger charge is 2.29. The van der Waals surface area contributed by atoms with Gasteiger partial charge in [-0.3, -0.25) is 19.5 Å². The van der Waals surface area contributed by atoms with Crippen LogP contribution < -0.4 is 16.0 Å². The summed E-state index contributed by atoms with van der Waals surface area (Å²) in [5.74, 6) is 0.261. The lowest BCUT2D eigenvalue weighted by Crippen LogP contribution is -2.45. The van der Waals surface area contributed by atoms with Crippen LogP contribution in [0.15, 0.2) is 18.5 Å². The number of carbonyl (C=O) groups excluding carboxylic acids is 2. The number of anilines is 2. The molecule has 0 fully saturated rings. The molecule has 0 saturated carbocycles. The van der Waals surface area contributed by atoms with Crippen LogP contribution >= 0.6 is 0 Å². The summed E-state index contributed by atoms with van der Waals surface area (Å²) in [7, 11) is 0. The summed E-state index contributed by atoms with van der Waals surface area (Å²) in [6.07, 6.45) is 3.08. The van der Waals surface area contributed by atoms with Crippen LogP contribution in [0.3, 0.4) is 0 Å². The van der Waals surface area contributed by atoms with E-state index < -0.39 is 5.91 Å². The van der Waals surface area contributed by atoms with Gasteiger partial charge in [0.15, 0.2) is 11.6 Å². The average Bonchev–Trinajstić information content (AvgIpc) is 2.53. The summed E-state index contributed by atoms with van der Waals surface area (Å²) in [6.45, 7) is 5.84. The molecule has 3 N–H and O–H groups in total. The molecule has 0 spiro atoms. The molecule has 0 aliphatic carbocycles. The van der Waals surface area contributed by atoms with E-state index in [9.17, 15) is 9.59 Å². The van der Waals surface area contributed by atoms with Crippen molar-refractivity contribution in [3.63, 3.8) is 0 Å². The molecule has 124 valence electrons. The molecule has 2 amide bonds. The normalized spacial score (nSPS) is 13.7. The molecular weight excluding hydrogens is 308 g/mol. The SMILES string of the molecule is Cc1ccnc(C(N)=O)c1-c1cnc2c(n1)N(C(C)C)C(=O)CN2. The Balaban J connectivity index is 2.20.